The van der Waals surface area contributed by atoms with Crippen LogP contribution in [0.25, 0.3) is 0 Å². The van der Waals surface area contributed by atoms with E-state index in [2.05, 4.69) is 0 Å². The topological polar surface area (TPSA) is 20.2 Å². The Hall–Kier alpha value is -0.250. The van der Waals surface area contributed by atoms with Crippen LogP contribution < -0.4 is 0 Å². The van der Waals surface area contributed by atoms with E-state index < -0.39 is 18.2 Å². The molecule has 0 aromatic rings. The summed E-state index contributed by atoms with van der Waals surface area (Å²) in [5.74, 6) is -0.708. The van der Waals surface area contributed by atoms with E-state index in [1.165, 1.54) is 6.92 Å². The lowest BCUT2D eigenvalue weighted by Gasteiger charge is -2.19. The lowest BCUT2D eigenvalue weighted by Crippen LogP contribution is -2.34. The molecule has 10 heavy (non-hydrogen) atoms. The van der Waals surface area contributed by atoms with Crippen LogP contribution in [0.15, 0.2) is 0 Å². The summed E-state index contributed by atoms with van der Waals surface area (Å²) in [5.41, 5.74) is 0. The van der Waals surface area contributed by atoms with E-state index in [-0.39, 0.29) is 0 Å². The van der Waals surface area contributed by atoms with E-state index >= 15 is 0 Å². The molecule has 1 N–H and O–H groups in total. The summed E-state index contributed by atoms with van der Waals surface area (Å²) in [4.78, 5) is 0. The number of rotatable bonds is 2. The van der Waals surface area contributed by atoms with E-state index in [9.17, 15) is 13.2 Å². The monoisotopic (exact) mass is 156 g/mol. The van der Waals surface area contributed by atoms with Crippen molar-refractivity contribution in [3.8, 4) is 0 Å². The van der Waals surface area contributed by atoms with Crippen molar-refractivity contribution in [3.05, 3.63) is 0 Å². The summed E-state index contributed by atoms with van der Waals surface area (Å²) < 4.78 is 34.9. The minimum Gasteiger partial charge on any atom is -0.383 e. The molecule has 0 aliphatic heterocycles. The van der Waals surface area contributed by atoms with Crippen LogP contribution in [0.5, 0.6) is 0 Å². The largest absolute Gasteiger partial charge is 0.414 e. The first-order valence-corrected chi connectivity index (χ1v) is 3.14. The van der Waals surface area contributed by atoms with Crippen LogP contribution in [0.4, 0.5) is 13.2 Å². The highest BCUT2D eigenvalue weighted by atomic mass is 19.4. The highest BCUT2D eigenvalue weighted by Gasteiger charge is 2.40. The number of hydrogen-bond donors (Lipinski definition) is 1. The van der Waals surface area contributed by atoms with E-state index in [0.29, 0.717) is 6.42 Å². The number of alkyl halides is 3. The van der Waals surface area contributed by atoms with Crippen molar-refractivity contribution in [2.24, 2.45) is 5.92 Å². The van der Waals surface area contributed by atoms with Crippen molar-refractivity contribution in [1.82, 2.24) is 0 Å². The summed E-state index contributed by atoms with van der Waals surface area (Å²) in [6.07, 6.45) is -6.30. The molecule has 0 bridgehead atoms. The minimum atomic E-state index is -4.46. The van der Waals surface area contributed by atoms with Crippen LogP contribution in [-0.4, -0.2) is 17.4 Å². The molecule has 0 aliphatic carbocycles. The molecule has 0 unspecified atom stereocenters. The molecule has 0 rings (SSSR count). The molecule has 2 atom stereocenters. The summed E-state index contributed by atoms with van der Waals surface area (Å²) >= 11 is 0. The standard InChI is InChI=1S/C6H11F3O/c1-3-4(2)5(10)6(7,8)9/h4-5,10H,3H2,1-2H3/t4-,5+/m0/s1. The van der Waals surface area contributed by atoms with Gasteiger partial charge in [0.2, 0.25) is 0 Å². The van der Waals surface area contributed by atoms with Crippen molar-refractivity contribution in [2.45, 2.75) is 32.5 Å². The van der Waals surface area contributed by atoms with E-state index in [1.807, 2.05) is 0 Å². The number of halogens is 3. The summed E-state index contributed by atoms with van der Waals surface area (Å²) in [7, 11) is 0. The number of aliphatic hydroxyl groups excluding tert-OH is 1. The smallest absolute Gasteiger partial charge is 0.383 e. The van der Waals surface area contributed by atoms with Crippen LogP contribution in [0.3, 0.4) is 0 Å². The van der Waals surface area contributed by atoms with Gasteiger partial charge in [-0.05, 0) is 5.92 Å². The molecule has 0 radical (unpaired) electrons. The highest BCUT2D eigenvalue weighted by molar-refractivity contribution is 4.70. The third-order valence-corrected chi connectivity index (χ3v) is 1.52. The van der Waals surface area contributed by atoms with Crippen molar-refractivity contribution in [3.63, 3.8) is 0 Å². The maximum atomic E-state index is 11.6. The molecule has 0 amide bonds. The third-order valence-electron chi connectivity index (χ3n) is 1.52. The Morgan fingerprint density at radius 2 is 1.80 bits per heavy atom. The Balaban J connectivity index is 3.94. The van der Waals surface area contributed by atoms with Gasteiger partial charge in [-0.15, -0.1) is 0 Å². The van der Waals surface area contributed by atoms with Crippen molar-refractivity contribution < 1.29 is 18.3 Å². The molecule has 0 fully saturated rings. The van der Waals surface area contributed by atoms with Gasteiger partial charge in [-0.25, -0.2) is 0 Å². The molecule has 4 heteroatoms. The van der Waals surface area contributed by atoms with Crippen LogP contribution in [0.2, 0.25) is 0 Å². The lowest BCUT2D eigenvalue weighted by atomic mass is 10.0. The van der Waals surface area contributed by atoms with Gasteiger partial charge < -0.3 is 5.11 Å². The quantitative estimate of drug-likeness (QED) is 0.647. The molecule has 1 nitrogen and oxygen atoms in total. The Morgan fingerprint density at radius 3 is 1.90 bits per heavy atom. The van der Waals surface area contributed by atoms with Gasteiger partial charge in [0.15, 0.2) is 6.10 Å². The molecule has 0 aliphatic rings. The average molecular weight is 156 g/mol. The maximum absolute atomic E-state index is 11.6. The summed E-state index contributed by atoms with van der Waals surface area (Å²) in [6.45, 7) is 2.98. The summed E-state index contributed by atoms with van der Waals surface area (Å²) in [5, 5.41) is 8.53. The first-order valence-electron chi connectivity index (χ1n) is 3.14. The first kappa shape index (κ1) is 9.75. The number of aliphatic hydroxyl groups is 1. The predicted octanol–water partition coefficient (Wildman–Crippen LogP) is 1.96. The van der Waals surface area contributed by atoms with Crippen LogP contribution >= 0.6 is 0 Å². The second-order valence-corrected chi connectivity index (χ2v) is 2.37. The molecule has 0 spiro atoms. The van der Waals surface area contributed by atoms with E-state index in [1.54, 1.807) is 6.92 Å². The highest BCUT2D eigenvalue weighted by Crippen LogP contribution is 2.26. The minimum absolute atomic E-state index is 0.334. The van der Waals surface area contributed by atoms with Crippen molar-refractivity contribution in [1.29, 1.82) is 0 Å². The van der Waals surface area contributed by atoms with Crippen LogP contribution in [0, 0.1) is 5.92 Å². The molecular formula is C6H11F3O. The van der Waals surface area contributed by atoms with E-state index in [0.717, 1.165) is 0 Å². The second-order valence-electron chi connectivity index (χ2n) is 2.37. The summed E-state index contributed by atoms with van der Waals surface area (Å²) in [6, 6.07) is 0. The van der Waals surface area contributed by atoms with Gasteiger partial charge in [0, 0.05) is 0 Å². The van der Waals surface area contributed by atoms with Gasteiger partial charge in [-0.2, -0.15) is 13.2 Å². The van der Waals surface area contributed by atoms with Gasteiger partial charge >= 0.3 is 6.18 Å². The Kier molecular flexibility index (Phi) is 3.15. The average Bonchev–Trinajstić information content (AvgIpc) is 1.83. The molecular weight excluding hydrogens is 145 g/mol. The fraction of sp³-hybridized carbons (Fsp3) is 1.00. The van der Waals surface area contributed by atoms with Gasteiger partial charge in [-0.3, -0.25) is 0 Å². The van der Waals surface area contributed by atoms with Crippen LogP contribution in [-0.2, 0) is 0 Å². The Labute approximate surface area is 57.9 Å². The van der Waals surface area contributed by atoms with Crippen molar-refractivity contribution >= 4 is 0 Å². The Bertz CT molecular complexity index is 99.7. The van der Waals surface area contributed by atoms with E-state index in [4.69, 9.17) is 5.11 Å². The fourth-order valence-electron chi connectivity index (χ4n) is 0.546. The molecule has 0 saturated heterocycles. The predicted molar refractivity (Wildman–Crippen MR) is 31.5 cm³/mol. The molecule has 0 aromatic carbocycles. The second kappa shape index (κ2) is 3.23. The van der Waals surface area contributed by atoms with Crippen molar-refractivity contribution in [2.75, 3.05) is 0 Å². The number of hydrogen-bond acceptors (Lipinski definition) is 1. The maximum Gasteiger partial charge on any atom is 0.414 e. The molecule has 0 saturated carbocycles. The molecule has 62 valence electrons. The normalized spacial score (nSPS) is 18.6. The van der Waals surface area contributed by atoms with Crippen LogP contribution in [0.1, 0.15) is 20.3 Å². The lowest BCUT2D eigenvalue weighted by molar-refractivity contribution is -0.217. The van der Waals surface area contributed by atoms with Gasteiger partial charge in [0.25, 0.3) is 0 Å². The molecule has 0 aromatic heterocycles. The zero-order valence-corrected chi connectivity index (χ0v) is 5.94. The zero-order chi connectivity index (χ0) is 8.36. The molecule has 0 heterocycles. The SMILES string of the molecule is CC[C@H](C)[C@@H](O)C(F)(F)F. The zero-order valence-electron chi connectivity index (χ0n) is 5.94. The first-order chi connectivity index (χ1) is 4.39. The Morgan fingerprint density at radius 1 is 1.40 bits per heavy atom. The fourth-order valence-corrected chi connectivity index (χ4v) is 0.546. The van der Waals surface area contributed by atoms with Gasteiger partial charge in [0.05, 0.1) is 0 Å². The third kappa shape index (κ3) is 2.56. The van der Waals surface area contributed by atoms with Gasteiger partial charge in [-0.1, -0.05) is 20.3 Å². The van der Waals surface area contributed by atoms with Gasteiger partial charge in [0.1, 0.15) is 0 Å².